The van der Waals surface area contributed by atoms with Crippen LogP contribution in [-0.2, 0) is 0 Å². The molecular formula is C51H76. The highest BCUT2D eigenvalue weighted by atomic mass is 14.2. The number of aryl methyl sites for hydroxylation is 6. The lowest BCUT2D eigenvalue weighted by Gasteiger charge is -2.24. The third-order valence-corrected chi connectivity index (χ3v) is 9.48. The Balaban J connectivity index is 0.000000604. The summed E-state index contributed by atoms with van der Waals surface area (Å²) in [6, 6.07) is 34.2. The first-order chi connectivity index (χ1) is 24.4. The fraction of sp³-hybridized carbons (Fsp3) is 0.451. The average Bonchev–Trinajstić information content (AvgIpc) is 3.13. The van der Waals surface area contributed by atoms with Crippen molar-refractivity contribution >= 4 is 21.5 Å². The SMILES string of the molecule is C/C=C\C.CC1CCCCC1C.CCC.CCCC.Cc1cc2ccccc2cc1C.Cc1cccc2cccc(C)c12.Cc1ccccc1C. The summed E-state index contributed by atoms with van der Waals surface area (Å²) >= 11 is 0. The van der Waals surface area contributed by atoms with E-state index in [-0.39, 0.29) is 0 Å². The molecule has 1 aliphatic rings. The largest absolute Gasteiger partial charge is 0.0919 e. The molecule has 0 heterocycles. The summed E-state index contributed by atoms with van der Waals surface area (Å²) in [7, 11) is 0. The molecule has 5 aromatic rings. The van der Waals surface area contributed by atoms with Crippen LogP contribution in [0.2, 0.25) is 0 Å². The molecule has 1 saturated carbocycles. The van der Waals surface area contributed by atoms with E-state index in [4.69, 9.17) is 0 Å². The van der Waals surface area contributed by atoms with Crippen molar-refractivity contribution in [2.75, 3.05) is 0 Å². The van der Waals surface area contributed by atoms with Crippen LogP contribution in [0.3, 0.4) is 0 Å². The maximum atomic E-state index is 2.38. The molecule has 280 valence electrons. The highest BCUT2D eigenvalue weighted by molar-refractivity contribution is 5.88. The zero-order valence-electron chi connectivity index (χ0n) is 35.5. The Kier molecular flexibility index (Phi) is 26.9. The van der Waals surface area contributed by atoms with Gasteiger partial charge in [0.05, 0.1) is 0 Å². The standard InChI is InChI=1S/2C12H12.C8H16.C8H10.C4H10.C4H8.C3H8/c1-9-5-3-7-11-8-4-6-10(2)12(9)11;1-9-7-11-5-3-4-6-12(11)8-10(9)2;2*1-7-5-3-4-6-8(7)2;2*1-3-4-2;1-3-2/h2*3-8H,1-2H3;7-8H,3-6H2,1-2H3;3-6H,1-2H3;3-4H2,1-2H3;3-4H,1-2H3;3H2,1-2H3/b;;;;;4-3-;. The van der Waals surface area contributed by atoms with Crippen LogP contribution in [0.1, 0.15) is 134 Å². The van der Waals surface area contributed by atoms with Crippen LogP contribution < -0.4 is 0 Å². The highest BCUT2D eigenvalue weighted by Gasteiger charge is 2.15. The number of hydrogen-bond donors (Lipinski definition) is 0. The van der Waals surface area contributed by atoms with Crippen molar-refractivity contribution in [1.82, 2.24) is 0 Å². The number of hydrogen-bond acceptors (Lipinski definition) is 0. The quantitative estimate of drug-likeness (QED) is 0.154. The molecule has 1 fully saturated rings. The van der Waals surface area contributed by atoms with Gasteiger partial charge in [0, 0.05) is 0 Å². The lowest BCUT2D eigenvalue weighted by Crippen LogP contribution is -2.12. The Morgan fingerprint density at radius 2 is 0.765 bits per heavy atom. The van der Waals surface area contributed by atoms with Gasteiger partial charge in [0.25, 0.3) is 0 Å². The molecule has 0 aliphatic heterocycles. The molecule has 0 nitrogen and oxygen atoms in total. The minimum Gasteiger partial charge on any atom is -0.0919 e. The van der Waals surface area contributed by atoms with Gasteiger partial charge in [-0.3, -0.25) is 0 Å². The molecule has 0 radical (unpaired) electrons. The molecule has 0 spiro atoms. The van der Waals surface area contributed by atoms with Crippen LogP contribution in [0.25, 0.3) is 21.5 Å². The topological polar surface area (TPSA) is 0 Å². The molecule has 0 bridgehead atoms. The summed E-state index contributed by atoms with van der Waals surface area (Å²) in [6.45, 7) is 30.2. The van der Waals surface area contributed by atoms with Crippen molar-refractivity contribution in [3.05, 3.63) is 143 Å². The summed E-state index contributed by atoms with van der Waals surface area (Å²) in [6.07, 6.45) is 13.8. The van der Waals surface area contributed by atoms with Crippen LogP contribution in [0.4, 0.5) is 0 Å². The van der Waals surface area contributed by atoms with Crippen molar-refractivity contribution in [3.63, 3.8) is 0 Å². The van der Waals surface area contributed by atoms with Crippen LogP contribution in [-0.4, -0.2) is 0 Å². The lowest BCUT2D eigenvalue weighted by atomic mass is 9.82. The molecule has 0 heteroatoms. The molecule has 5 aromatic carbocycles. The third-order valence-electron chi connectivity index (χ3n) is 9.48. The molecular weight excluding hydrogens is 613 g/mol. The zero-order chi connectivity index (χ0) is 38.6. The number of rotatable bonds is 1. The summed E-state index contributed by atoms with van der Waals surface area (Å²) < 4.78 is 0. The van der Waals surface area contributed by atoms with E-state index in [0.29, 0.717) is 0 Å². The first kappa shape index (κ1) is 47.4. The van der Waals surface area contributed by atoms with Gasteiger partial charge in [0.2, 0.25) is 0 Å². The fourth-order valence-electron chi connectivity index (χ4n) is 5.38. The molecule has 2 unspecified atom stereocenters. The van der Waals surface area contributed by atoms with Crippen molar-refractivity contribution < 1.29 is 0 Å². The van der Waals surface area contributed by atoms with Gasteiger partial charge in [-0.2, -0.15) is 0 Å². The number of fused-ring (bicyclic) bond motifs is 2. The number of benzene rings is 5. The van der Waals surface area contributed by atoms with E-state index in [0.717, 1.165) is 11.8 Å². The predicted octanol–water partition coefficient (Wildman–Crippen LogP) is 16.9. The molecule has 0 amide bonds. The van der Waals surface area contributed by atoms with Gasteiger partial charge in [-0.25, -0.2) is 0 Å². The van der Waals surface area contributed by atoms with Gasteiger partial charge in [0.15, 0.2) is 0 Å². The maximum Gasteiger partial charge on any atom is -0.0125 e. The van der Waals surface area contributed by atoms with E-state index >= 15 is 0 Å². The Hall–Kier alpha value is -3.64. The number of unbranched alkanes of at least 4 members (excludes halogenated alkanes) is 1. The van der Waals surface area contributed by atoms with Crippen molar-refractivity contribution in [2.45, 2.75) is 142 Å². The second-order valence-corrected chi connectivity index (χ2v) is 14.2. The van der Waals surface area contributed by atoms with E-state index < -0.39 is 0 Å². The summed E-state index contributed by atoms with van der Waals surface area (Å²) in [5, 5.41) is 5.41. The smallest absolute Gasteiger partial charge is 0.0125 e. The van der Waals surface area contributed by atoms with E-state index in [2.05, 4.69) is 180 Å². The fourth-order valence-corrected chi connectivity index (χ4v) is 5.38. The van der Waals surface area contributed by atoms with E-state index in [9.17, 15) is 0 Å². The van der Waals surface area contributed by atoms with Gasteiger partial charge >= 0.3 is 0 Å². The van der Waals surface area contributed by atoms with Gasteiger partial charge in [0.1, 0.15) is 0 Å². The monoisotopic (exact) mass is 689 g/mol. The van der Waals surface area contributed by atoms with Gasteiger partial charge < -0.3 is 0 Å². The molecule has 0 saturated heterocycles. The summed E-state index contributed by atoms with van der Waals surface area (Å²) in [5.74, 6) is 2.01. The van der Waals surface area contributed by atoms with Gasteiger partial charge in [-0.1, -0.05) is 196 Å². The van der Waals surface area contributed by atoms with Crippen LogP contribution in [0.5, 0.6) is 0 Å². The minimum atomic E-state index is 1.00. The second-order valence-electron chi connectivity index (χ2n) is 14.2. The maximum absolute atomic E-state index is 2.38. The van der Waals surface area contributed by atoms with Crippen molar-refractivity contribution in [1.29, 1.82) is 0 Å². The normalized spacial score (nSPS) is 14.3. The van der Waals surface area contributed by atoms with Crippen molar-refractivity contribution in [2.24, 2.45) is 11.8 Å². The highest BCUT2D eigenvalue weighted by Crippen LogP contribution is 2.28. The number of allylic oxidation sites excluding steroid dienone is 2. The van der Waals surface area contributed by atoms with Crippen LogP contribution in [0, 0.1) is 53.4 Å². The Morgan fingerprint density at radius 3 is 1.04 bits per heavy atom. The van der Waals surface area contributed by atoms with Crippen molar-refractivity contribution in [3.8, 4) is 0 Å². The lowest BCUT2D eigenvalue weighted by molar-refractivity contribution is 0.277. The first-order valence-electron chi connectivity index (χ1n) is 19.9. The molecule has 51 heavy (non-hydrogen) atoms. The minimum absolute atomic E-state index is 1.00. The van der Waals surface area contributed by atoms with E-state index in [1.54, 1.807) is 0 Å². The molecule has 2 atom stereocenters. The Bertz CT molecular complexity index is 1500. The van der Waals surface area contributed by atoms with E-state index in [1.807, 2.05) is 26.0 Å². The van der Waals surface area contributed by atoms with Crippen LogP contribution >= 0.6 is 0 Å². The Morgan fingerprint density at radius 1 is 0.451 bits per heavy atom. The first-order valence-corrected chi connectivity index (χ1v) is 19.9. The molecule has 1 aliphatic carbocycles. The zero-order valence-corrected chi connectivity index (χ0v) is 35.5. The Labute approximate surface area is 316 Å². The average molecular weight is 689 g/mol. The molecule has 0 N–H and O–H groups in total. The van der Waals surface area contributed by atoms with Gasteiger partial charge in [-0.15, -0.1) is 0 Å². The van der Waals surface area contributed by atoms with E-state index in [1.165, 1.54) is 99.9 Å². The summed E-state index contributed by atoms with van der Waals surface area (Å²) in [4.78, 5) is 0. The van der Waals surface area contributed by atoms with Gasteiger partial charge in [-0.05, 0) is 122 Å². The molecule has 0 aromatic heterocycles. The molecule has 6 rings (SSSR count). The van der Waals surface area contributed by atoms with Crippen LogP contribution in [0.15, 0.2) is 109 Å². The second kappa shape index (κ2) is 29.0. The predicted molar refractivity (Wildman–Crippen MR) is 237 cm³/mol. The summed E-state index contributed by atoms with van der Waals surface area (Å²) in [5.41, 5.74) is 8.21. The third kappa shape index (κ3) is 20.1.